The highest BCUT2D eigenvalue weighted by Crippen LogP contribution is 2.26. The number of anilines is 1. The van der Waals surface area contributed by atoms with Gasteiger partial charge in [0.2, 0.25) is 0 Å². The first-order valence-electron chi connectivity index (χ1n) is 5.96. The average molecular weight is 231 g/mol. The summed E-state index contributed by atoms with van der Waals surface area (Å²) in [5.41, 5.74) is 1.87. The normalized spacial score (nSPS) is 12.9. The molecule has 0 radical (unpaired) electrons. The molecule has 0 amide bonds. The monoisotopic (exact) mass is 231 g/mol. The summed E-state index contributed by atoms with van der Waals surface area (Å²) in [4.78, 5) is 4.23. The van der Waals surface area contributed by atoms with Crippen LogP contribution in [0.5, 0.6) is 0 Å². The highest BCUT2D eigenvalue weighted by atomic mass is 15.0. The first-order valence-corrected chi connectivity index (χ1v) is 5.96. The Hall–Kier alpha value is -1.56. The molecular formula is C14H21N3. The molecule has 1 aromatic heterocycles. The van der Waals surface area contributed by atoms with Crippen LogP contribution in [0, 0.1) is 29.6 Å². The van der Waals surface area contributed by atoms with E-state index in [4.69, 9.17) is 5.26 Å². The second-order valence-corrected chi connectivity index (χ2v) is 5.61. The molecule has 0 saturated heterocycles. The lowest BCUT2D eigenvalue weighted by molar-refractivity contribution is 0.274. The molecular weight excluding hydrogens is 210 g/mol. The second-order valence-electron chi connectivity index (χ2n) is 5.61. The second kappa shape index (κ2) is 5.18. The van der Waals surface area contributed by atoms with E-state index in [1.54, 1.807) is 6.20 Å². The quantitative estimate of drug-likeness (QED) is 0.867. The van der Waals surface area contributed by atoms with E-state index in [-0.39, 0.29) is 5.41 Å². The Morgan fingerprint density at radius 2 is 2.12 bits per heavy atom. The molecule has 0 aliphatic carbocycles. The smallest absolute Gasteiger partial charge is 0.144 e. The number of nitriles is 1. The number of hydrogen-bond donors (Lipinski definition) is 1. The molecule has 0 aliphatic rings. The van der Waals surface area contributed by atoms with Crippen molar-refractivity contribution in [2.45, 2.75) is 34.6 Å². The number of nitrogens with one attached hydrogen (secondary N) is 1. The van der Waals surface area contributed by atoms with E-state index in [2.05, 4.69) is 44.1 Å². The molecule has 1 atom stereocenters. The van der Waals surface area contributed by atoms with Gasteiger partial charge in [0.25, 0.3) is 0 Å². The summed E-state index contributed by atoms with van der Waals surface area (Å²) in [6.45, 7) is 11.6. The van der Waals surface area contributed by atoms with E-state index < -0.39 is 0 Å². The predicted molar refractivity (Wildman–Crippen MR) is 70.8 cm³/mol. The van der Waals surface area contributed by atoms with Gasteiger partial charge >= 0.3 is 0 Å². The van der Waals surface area contributed by atoms with Gasteiger partial charge in [-0.05, 0) is 29.9 Å². The molecule has 92 valence electrons. The summed E-state index contributed by atoms with van der Waals surface area (Å²) >= 11 is 0. The molecule has 0 fully saturated rings. The van der Waals surface area contributed by atoms with Gasteiger partial charge in [-0.1, -0.05) is 27.7 Å². The minimum Gasteiger partial charge on any atom is -0.369 e. The topological polar surface area (TPSA) is 48.7 Å². The van der Waals surface area contributed by atoms with Crippen molar-refractivity contribution in [2.24, 2.45) is 11.3 Å². The Morgan fingerprint density at radius 3 is 2.65 bits per heavy atom. The van der Waals surface area contributed by atoms with Gasteiger partial charge in [-0.25, -0.2) is 4.98 Å². The van der Waals surface area contributed by atoms with E-state index in [9.17, 15) is 0 Å². The highest BCUT2D eigenvalue weighted by molar-refractivity contribution is 5.55. The van der Waals surface area contributed by atoms with Crippen LogP contribution in [0.25, 0.3) is 0 Å². The number of aryl methyl sites for hydroxylation is 1. The van der Waals surface area contributed by atoms with Gasteiger partial charge in [0.05, 0.1) is 5.56 Å². The zero-order valence-electron chi connectivity index (χ0n) is 11.3. The summed E-state index contributed by atoms with van der Waals surface area (Å²) in [7, 11) is 0. The predicted octanol–water partition coefficient (Wildman–Crippen LogP) is 3.36. The summed E-state index contributed by atoms with van der Waals surface area (Å²) < 4.78 is 0. The molecule has 1 heterocycles. The van der Waals surface area contributed by atoms with Crippen LogP contribution in [0.2, 0.25) is 0 Å². The molecule has 0 aromatic carbocycles. The van der Waals surface area contributed by atoms with Crippen LogP contribution in [0.15, 0.2) is 12.3 Å². The van der Waals surface area contributed by atoms with Crippen molar-refractivity contribution in [1.82, 2.24) is 4.98 Å². The Morgan fingerprint density at radius 1 is 1.47 bits per heavy atom. The zero-order chi connectivity index (χ0) is 13.1. The maximum atomic E-state index is 9.09. The van der Waals surface area contributed by atoms with Crippen LogP contribution in [0.1, 0.15) is 38.8 Å². The maximum Gasteiger partial charge on any atom is 0.144 e. The molecule has 17 heavy (non-hydrogen) atoms. The summed E-state index contributed by atoms with van der Waals surface area (Å²) in [5, 5.41) is 12.4. The minimum atomic E-state index is 0.254. The van der Waals surface area contributed by atoms with Crippen LogP contribution in [0.3, 0.4) is 0 Å². The Bertz CT molecular complexity index is 424. The molecule has 0 spiro atoms. The van der Waals surface area contributed by atoms with Crippen molar-refractivity contribution < 1.29 is 0 Å². The molecule has 1 N–H and O–H groups in total. The van der Waals surface area contributed by atoms with Gasteiger partial charge < -0.3 is 5.32 Å². The van der Waals surface area contributed by atoms with Gasteiger partial charge in [-0.2, -0.15) is 5.26 Å². The van der Waals surface area contributed by atoms with Crippen molar-refractivity contribution in [3.05, 3.63) is 23.4 Å². The summed E-state index contributed by atoms with van der Waals surface area (Å²) in [6, 6.07) is 4.06. The van der Waals surface area contributed by atoms with E-state index in [1.165, 1.54) is 0 Å². The number of nitrogens with zero attached hydrogens (tertiary/aromatic N) is 2. The van der Waals surface area contributed by atoms with E-state index in [0.29, 0.717) is 17.3 Å². The fourth-order valence-corrected chi connectivity index (χ4v) is 1.39. The Kier molecular flexibility index (Phi) is 4.11. The van der Waals surface area contributed by atoms with Gasteiger partial charge in [0.1, 0.15) is 11.9 Å². The number of hydrogen-bond acceptors (Lipinski definition) is 3. The summed E-state index contributed by atoms with van der Waals surface area (Å²) in [6.07, 6.45) is 1.74. The average Bonchev–Trinajstić information content (AvgIpc) is 2.24. The van der Waals surface area contributed by atoms with Crippen LogP contribution in [0.4, 0.5) is 5.82 Å². The lowest BCUT2D eigenvalue weighted by Crippen LogP contribution is -2.25. The minimum absolute atomic E-state index is 0.254. The van der Waals surface area contributed by atoms with Crippen molar-refractivity contribution in [3.8, 4) is 6.07 Å². The third kappa shape index (κ3) is 3.45. The van der Waals surface area contributed by atoms with Crippen LogP contribution >= 0.6 is 0 Å². The standard InChI is InChI=1S/C14H21N3/c1-10-6-7-16-13(12(10)8-15)17-9-11(2)14(3,4)5/h6-7,11H,9H2,1-5H3,(H,16,17). The molecule has 3 nitrogen and oxygen atoms in total. The van der Waals surface area contributed by atoms with Crippen LogP contribution < -0.4 is 5.32 Å². The third-order valence-corrected chi connectivity index (χ3v) is 3.33. The Balaban J connectivity index is 2.78. The number of rotatable bonds is 3. The van der Waals surface area contributed by atoms with Gasteiger partial charge in [-0.15, -0.1) is 0 Å². The lowest BCUT2D eigenvalue weighted by Gasteiger charge is -2.27. The fraction of sp³-hybridized carbons (Fsp3) is 0.571. The van der Waals surface area contributed by atoms with Gasteiger partial charge in [0, 0.05) is 12.7 Å². The molecule has 1 rings (SSSR count). The molecule has 0 saturated carbocycles. The van der Waals surface area contributed by atoms with Crippen molar-refractivity contribution >= 4 is 5.82 Å². The molecule has 3 heteroatoms. The fourth-order valence-electron chi connectivity index (χ4n) is 1.39. The van der Waals surface area contributed by atoms with Crippen LogP contribution in [-0.4, -0.2) is 11.5 Å². The van der Waals surface area contributed by atoms with E-state index >= 15 is 0 Å². The maximum absolute atomic E-state index is 9.09. The molecule has 1 aromatic rings. The molecule has 1 unspecified atom stereocenters. The molecule has 0 bridgehead atoms. The van der Waals surface area contributed by atoms with Gasteiger partial charge in [-0.3, -0.25) is 0 Å². The van der Waals surface area contributed by atoms with E-state index in [0.717, 1.165) is 12.1 Å². The SMILES string of the molecule is Cc1ccnc(NCC(C)C(C)(C)C)c1C#N. The third-order valence-electron chi connectivity index (χ3n) is 3.33. The van der Waals surface area contributed by atoms with Crippen molar-refractivity contribution in [2.75, 3.05) is 11.9 Å². The first kappa shape index (κ1) is 13.5. The van der Waals surface area contributed by atoms with Gasteiger partial charge in [0.15, 0.2) is 0 Å². The first-order chi connectivity index (χ1) is 7.86. The largest absolute Gasteiger partial charge is 0.369 e. The summed E-state index contributed by atoms with van der Waals surface area (Å²) in [5.74, 6) is 1.21. The van der Waals surface area contributed by atoms with Crippen molar-refractivity contribution in [1.29, 1.82) is 5.26 Å². The van der Waals surface area contributed by atoms with Crippen molar-refractivity contribution in [3.63, 3.8) is 0 Å². The number of aromatic nitrogens is 1. The lowest BCUT2D eigenvalue weighted by atomic mass is 9.82. The molecule has 0 aliphatic heterocycles. The Labute approximate surface area is 104 Å². The van der Waals surface area contributed by atoms with Crippen LogP contribution in [-0.2, 0) is 0 Å². The zero-order valence-corrected chi connectivity index (χ0v) is 11.3. The number of pyridine rings is 1. The highest BCUT2D eigenvalue weighted by Gasteiger charge is 2.20. The van der Waals surface area contributed by atoms with E-state index in [1.807, 2.05) is 13.0 Å².